The van der Waals surface area contributed by atoms with Crippen LogP contribution in [0, 0.1) is 0 Å². The van der Waals surface area contributed by atoms with Crippen LogP contribution in [0.1, 0.15) is 17.3 Å². The molecule has 0 heterocycles. The summed E-state index contributed by atoms with van der Waals surface area (Å²) in [6.07, 6.45) is -6.62. The first-order valence-corrected chi connectivity index (χ1v) is 4.97. The summed E-state index contributed by atoms with van der Waals surface area (Å²) in [4.78, 5) is 11.4. The molecule has 0 aromatic heterocycles. The number of rotatable bonds is 3. The number of nitrogen functional groups attached to an aromatic ring is 1. The van der Waals surface area contributed by atoms with Crippen LogP contribution in [0.25, 0.3) is 0 Å². The second-order valence-corrected chi connectivity index (χ2v) is 3.52. The van der Waals surface area contributed by atoms with Gasteiger partial charge in [-0.15, -0.1) is 0 Å². The molecule has 4 nitrogen and oxygen atoms in total. The van der Waals surface area contributed by atoms with Crippen molar-refractivity contribution in [3.05, 3.63) is 23.8 Å². The Kier molecular flexibility index (Phi) is 4.05. The van der Waals surface area contributed by atoms with Gasteiger partial charge in [0.2, 0.25) is 0 Å². The minimum absolute atomic E-state index is 0.0611. The van der Waals surface area contributed by atoms with Crippen LogP contribution in [0.2, 0.25) is 0 Å². The predicted octanol–water partition coefficient (Wildman–Crippen LogP) is 2.39. The van der Waals surface area contributed by atoms with E-state index in [1.807, 2.05) is 0 Å². The van der Waals surface area contributed by atoms with Gasteiger partial charge in [0, 0.05) is 0 Å². The highest BCUT2D eigenvalue weighted by atomic mass is 19.4. The first-order chi connectivity index (χ1) is 8.27. The fourth-order valence-electron chi connectivity index (χ4n) is 1.20. The Morgan fingerprint density at radius 1 is 1.39 bits per heavy atom. The first kappa shape index (κ1) is 14.1. The van der Waals surface area contributed by atoms with Gasteiger partial charge in [0.25, 0.3) is 0 Å². The highest BCUT2D eigenvalue weighted by Crippen LogP contribution is 2.31. The third kappa shape index (κ3) is 3.06. The molecule has 1 rings (SSSR count). The number of halogens is 3. The van der Waals surface area contributed by atoms with Gasteiger partial charge < -0.3 is 15.2 Å². The van der Waals surface area contributed by atoms with Crippen LogP contribution >= 0.6 is 0 Å². The molecule has 0 saturated heterocycles. The number of para-hydroxylation sites is 1. The normalized spacial score (nSPS) is 12.9. The van der Waals surface area contributed by atoms with E-state index in [0.29, 0.717) is 0 Å². The van der Waals surface area contributed by atoms with Crippen molar-refractivity contribution in [1.29, 1.82) is 0 Å². The highest BCUT2D eigenvalue weighted by molar-refractivity contribution is 5.94. The zero-order chi connectivity index (χ0) is 13.9. The number of hydrogen-bond donors (Lipinski definition) is 1. The Balaban J connectivity index is 3.11. The number of benzene rings is 1. The van der Waals surface area contributed by atoms with E-state index in [4.69, 9.17) is 10.5 Å². The zero-order valence-electron chi connectivity index (χ0n) is 9.75. The second kappa shape index (κ2) is 5.16. The summed E-state index contributed by atoms with van der Waals surface area (Å²) in [5.74, 6) is -1.14. The zero-order valence-corrected chi connectivity index (χ0v) is 9.75. The van der Waals surface area contributed by atoms with Gasteiger partial charge >= 0.3 is 12.1 Å². The van der Waals surface area contributed by atoms with Gasteiger partial charge in [-0.2, -0.15) is 13.2 Å². The molecule has 0 fully saturated rings. The van der Waals surface area contributed by atoms with Gasteiger partial charge in [-0.05, 0) is 19.1 Å². The minimum atomic E-state index is -4.55. The SMILES string of the molecule is COC(=O)c1cccc(N)c1OC(C)C(F)(F)F. The molecule has 0 amide bonds. The predicted molar refractivity (Wildman–Crippen MR) is 58.3 cm³/mol. The largest absolute Gasteiger partial charge is 0.478 e. The molecular formula is C11H12F3NO3. The van der Waals surface area contributed by atoms with E-state index in [2.05, 4.69) is 4.74 Å². The molecule has 18 heavy (non-hydrogen) atoms. The van der Waals surface area contributed by atoms with Crippen molar-refractivity contribution in [1.82, 2.24) is 0 Å². The Labute approximate surface area is 101 Å². The van der Waals surface area contributed by atoms with Crippen molar-refractivity contribution in [2.75, 3.05) is 12.8 Å². The Morgan fingerprint density at radius 2 is 2.00 bits per heavy atom. The number of ether oxygens (including phenoxy) is 2. The van der Waals surface area contributed by atoms with Crippen LogP contribution < -0.4 is 10.5 Å². The molecule has 0 aliphatic heterocycles. The lowest BCUT2D eigenvalue weighted by molar-refractivity contribution is -0.189. The van der Waals surface area contributed by atoms with E-state index in [1.165, 1.54) is 18.2 Å². The van der Waals surface area contributed by atoms with Gasteiger partial charge in [-0.25, -0.2) is 4.79 Å². The van der Waals surface area contributed by atoms with Crippen molar-refractivity contribution in [2.45, 2.75) is 19.2 Å². The van der Waals surface area contributed by atoms with Gasteiger partial charge in [-0.3, -0.25) is 0 Å². The molecule has 0 bridgehead atoms. The molecule has 1 atom stereocenters. The number of anilines is 1. The van der Waals surface area contributed by atoms with Crippen molar-refractivity contribution in [2.24, 2.45) is 0 Å². The molecule has 0 aliphatic rings. The van der Waals surface area contributed by atoms with Crippen LogP contribution in [0.4, 0.5) is 18.9 Å². The smallest absolute Gasteiger partial charge is 0.425 e. The van der Waals surface area contributed by atoms with Crippen LogP contribution in [0.5, 0.6) is 5.75 Å². The molecule has 2 N–H and O–H groups in total. The molecule has 0 aliphatic carbocycles. The summed E-state index contributed by atoms with van der Waals surface area (Å²) in [5, 5.41) is 0. The first-order valence-electron chi connectivity index (χ1n) is 4.97. The molecule has 1 aromatic rings. The van der Waals surface area contributed by atoms with Gasteiger partial charge in [-0.1, -0.05) is 6.07 Å². The van der Waals surface area contributed by atoms with Crippen molar-refractivity contribution >= 4 is 11.7 Å². The lowest BCUT2D eigenvalue weighted by Crippen LogP contribution is -2.32. The second-order valence-electron chi connectivity index (χ2n) is 3.52. The number of hydrogen-bond acceptors (Lipinski definition) is 4. The monoisotopic (exact) mass is 263 g/mol. The third-order valence-corrected chi connectivity index (χ3v) is 2.21. The van der Waals surface area contributed by atoms with Gasteiger partial charge in [0.05, 0.1) is 12.8 Å². The summed E-state index contributed by atoms with van der Waals surface area (Å²) in [5.41, 5.74) is 5.30. The summed E-state index contributed by atoms with van der Waals surface area (Å²) in [6.45, 7) is 0.827. The quantitative estimate of drug-likeness (QED) is 0.671. The van der Waals surface area contributed by atoms with Crippen molar-refractivity contribution < 1.29 is 27.4 Å². The standard InChI is InChI=1S/C11H12F3NO3/c1-6(11(12,13)14)18-9-7(10(16)17-2)4-3-5-8(9)15/h3-6H,15H2,1-2H3. The van der Waals surface area contributed by atoms with E-state index in [-0.39, 0.29) is 17.0 Å². The van der Waals surface area contributed by atoms with E-state index < -0.39 is 18.2 Å². The molecule has 0 saturated carbocycles. The number of carbonyl (C=O) groups is 1. The average molecular weight is 263 g/mol. The fraction of sp³-hybridized carbons (Fsp3) is 0.364. The van der Waals surface area contributed by atoms with E-state index >= 15 is 0 Å². The van der Waals surface area contributed by atoms with E-state index in [9.17, 15) is 18.0 Å². The summed E-state index contributed by atoms with van der Waals surface area (Å²) in [7, 11) is 1.11. The number of alkyl halides is 3. The highest BCUT2D eigenvalue weighted by Gasteiger charge is 2.39. The van der Waals surface area contributed by atoms with E-state index in [1.54, 1.807) is 0 Å². The van der Waals surface area contributed by atoms with Crippen LogP contribution in [0.3, 0.4) is 0 Å². The van der Waals surface area contributed by atoms with Crippen molar-refractivity contribution in [3.63, 3.8) is 0 Å². The van der Waals surface area contributed by atoms with E-state index in [0.717, 1.165) is 14.0 Å². The van der Waals surface area contributed by atoms with Crippen LogP contribution in [-0.4, -0.2) is 25.4 Å². The number of methoxy groups -OCH3 is 1. The van der Waals surface area contributed by atoms with Gasteiger partial charge in [0.15, 0.2) is 11.9 Å². The topological polar surface area (TPSA) is 61.5 Å². The molecular weight excluding hydrogens is 251 g/mol. The molecule has 0 radical (unpaired) electrons. The summed E-state index contributed by atoms with van der Waals surface area (Å²) < 4.78 is 46.4. The van der Waals surface area contributed by atoms with Crippen molar-refractivity contribution in [3.8, 4) is 5.75 Å². The fourth-order valence-corrected chi connectivity index (χ4v) is 1.20. The lowest BCUT2D eigenvalue weighted by Gasteiger charge is -2.20. The minimum Gasteiger partial charge on any atom is -0.478 e. The molecule has 100 valence electrons. The van der Waals surface area contributed by atoms with Crippen LogP contribution in [-0.2, 0) is 4.74 Å². The average Bonchev–Trinajstić information content (AvgIpc) is 2.29. The summed E-state index contributed by atoms with van der Waals surface area (Å²) in [6, 6.07) is 4.04. The Morgan fingerprint density at radius 3 is 2.50 bits per heavy atom. The number of nitrogens with two attached hydrogens (primary N) is 1. The molecule has 1 unspecified atom stereocenters. The number of carbonyl (C=O) groups excluding carboxylic acids is 1. The maximum absolute atomic E-state index is 12.4. The Hall–Kier alpha value is -1.92. The maximum atomic E-state index is 12.4. The number of esters is 1. The van der Waals surface area contributed by atoms with Gasteiger partial charge in [0.1, 0.15) is 5.56 Å². The third-order valence-electron chi connectivity index (χ3n) is 2.21. The molecule has 7 heteroatoms. The molecule has 0 spiro atoms. The maximum Gasteiger partial charge on any atom is 0.425 e. The summed E-state index contributed by atoms with van der Waals surface area (Å²) >= 11 is 0. The Bertz CT molecular complexity index is 446. The molecule has 1 aromatic carbocycles. The lowest BCUT2D eigenvalue weighted by atomic mass is 10.1. The van der Waals surface area contributed by atoms with Crippen LogP contribution in [0.15, 0.2) is 18.2 Å².